The lowest BCUT2D eigenvalue weighted by atomic mass is 10.3. The van der Waals surface area contributed by atoms with Gasteiger partial charge in [0.15, 0.2) is 9.84 Å². The van der Waals surface area contributed by atoms with E-state index in [1.807, 2.05) is 6.92 Å². The average Bonchev–Trinajstić information content (AvgIpc) is 2.38. The van der Waals surface area contributed by atoms with Crippen LogP contribution >= 0.6 is 11.6 Å². The molecule has 0 atom stereocenters. The summed E-state index contributed by atoms with van der Waals surface area (Å²) >= 11 is 5.93. The molecule has 0 aliphatic carbocycles. The first-order valence-corrected chi connectivity index (χ1v) is 8.67. The first-order chi connectivity index (χ1) is 9.88. The van der Waals surface area contributed by atoms with E-state index < -0.39 is 9.84 Å². The zero-order valence-electron chi connectivity index (χ0n) is 11.7. The largest absolute Gasteiger partial charge is 0.439 e. The van der Waals surface area contributed by atoms with Crippen molar-refractivity contribution in [3.8, 4) is 11.6 Å². The van der Waals surface area contributed by atoms with Crippen molar-refractivity contribution < 1.29 is 13.2 Å². The summed E-state index contributed by atoms with van der Waals surface area (Å²) in [5.74, 6) is 1.44. The molecule has 0 spiro atoms. The summed E-state index contributed by atoms with van der Waals surface area (Å²) in [4.78, 5) is 8.60. The van der Waals surface area contributed by atoms with Crippen LogP contribution in [-0.2, 0) is 16.3 Å². The van der Waals surface area contributed by atoms with Gasteiger partial charge in [0.05, 0.1) is 4.90 Å². The molecule has 2 rings (SSSR count). The quantitative estimate of drug-likeness (QED) is 0.789. The second-order valence-electron chi connectivity index (χ2n) is 4.54. The fraction of sp³-hybridized carbons (Fsp3) is 0.286. The molecular formula is C14H15ClN2O3S. The molecule has 2 aromatic rings. The maximum Gasteiger partial charge on any atom is 0.224 e. The molecule has 0 unspecified atom stereocenters. The highest BCUT2D eigenvalue weighted by Crippen LogP contribution is 2.23. The number of nitrogens with zero attached hydrogens (tertiary/aromatic N) is 2. The van der Waals surface area contributed by atoms with Gasteiger partial charge in [-0.25, -0.2) is 13.4 Å². The molecule has 0 saturated heterocycles. The summed E-state index contributed by atoms with van der Waals surface area (Å²) in [6.07, 6.45) is 2.77. The lowest BCUT2D eigenvalue weighted by Gasteiger charge is -2.07. The molecule has 1 aromatic heterocycles. The monoisotopic (exact) mass is 326 g/mol. The number of ether oxygens (including phenoxy) is 1. The van der Waals surface area contributed by atoms with Crippen LogP contribution in [0, 0.1) is 0 Å². The number of rotatable bonds is 5. The number of benzene rings is 1. The summed E-state index contributed by atoms with van der Waals surface area (Å²) in [7, 11) is -3.22. The highest BCUT2D eigenvalue weighted by atomic mass is 35.5. The summed E-state index contributed by atoms with van der Waals surface area (Å²) in [5, 5.41) is 0.316. The summed E-state index contributed by atoms with van der Waals surface area (Å²) in [6.45, 7) is 2.02. The molecule has 0 amide bonds. The summed E-state index contributed by atoms with van der Waals surface area (Å²) in [5.41, 5.74) is 0. The first-order valence-electron chi connectivity index (χ1n) is 6.40. The van der Waals surface area contributed by atoms with Gasteiger partial charge < -0.3 is 4.74 Å². The number of halogens is 1. The van der Waals surface area contributed by atoms with Gasteiger partial charge >= 0.3 is 0 Å². The lowest BCUT2D eigenvalue weighted by Crippen LogP contribution is -1.98. The molecule has 0 N–H and O–H groups in total. The van der Waals surface area contributed by atoms with E-state index in [1.54, 1.807) is 12.1 Å². The van der Waals surface area contributed by atoms with Crippen LogP contribution in [0.3, 0.4) is 0 Å². The van der Waals surface area contributed by atoms with E-state index in [-0.39, 0.29) is 4.90 Å². The fourth-order valence-electron chi connectivity index (χ4n) is 1.71. The van der Waals surface area contributed by atoms with Crippen LogP contribution in [0.4, 0.5) is 0 Å². The van der Waals surface area contributed by atoms with Gasteiger partial charge in [-0.3, -0.25) is 0 Å². The maximum atomic E-state index is 11.4. The minimum absolute atomic E-state index is 0.238. The van der Waals surface area contributed by atoms with Crippen molar-refractivity contribution in [1.29, 1.82) is 0 Å². The first kappa shape index (κ1) is 15.7. The van der Waals surface area contributed by atoms with Crippen LogP contribution in [0.15, 0.2) is 35.2 Å². The highest BCUT2D eigenvalue weighted by molar-refractivity contribution is 7.90. The van der Waals surface area contributed by atoms with Crippen molar-refractivity contribution in [2.24, 2.45) is 0 Å². The van der Waals surface area contributed by atoms with Gasteiger partial charge in [0.1, 0.15) is 16.7 Å². The van der Waals surface area contributed by atoms with E-state index in [1.165, 1.54) is 18.2 Å². The van der Waals surface area contributed by atoms with Gasteiger partial charge in [-0.15, -0.1) is 0 Å². The predicted molar refractivity (Wildman–Crippen MR) is 80.7 cm³/mol. The van der Waals surface area contributed by atoms with Crippen molar-refractivity contribution >= 4 is 21.4 Å². The number of hydrogen-bond acceptors (Lipinski definition) is 5. The molecular weight excluding hydrogens is 312 g/mol. The van der Waals surface area contributed by atoms with Crippen molar-refractivity contribution in [3.05, 3.63) is 41.3 Å². The molecule has 112 valence electrons. The molecule has 0 saturated carbocycles. The Hall–Kier alpha value is -1.66. The molecule has 0 bridgehead atoms. The summed E-state index contributed by atoms with van der Waals surface area (Å²) < 4.78 is 28.4. The van der Waals surface area contributed by atoms with E-state index in [2.05, 4.69) is 9.97 Å². The van der Waals surface area contributed by atoms with E-state index in [4.69, 9.17) is 16.3 Å². The lowest BCUT2D eigenvalue weighted by molar-refractivity contribution is 0.458. The Labute approximate surface area is 128 Å². The van der Waals surface area contributed by atoms with Gasteiger partial charge in [0, 0.05) is 18.7 Å². The van der Waals surface area contributed by atoms with Crippen LogP contribution in [-0.4, -0.2) is 24.6 Å². The third kappa shape index (κ3) is 4.41. The zero-order chi connectivity index (χ0) is 15.5. The van der Waals surface area contributed by atoms with Gasteiger partial charge in [-0.2, -0.15) is 4.98 Å². The zero-order valence-corrected chi connectivity index (χ0v) is 13.3. The van der Waals surface area contributed by atoms with E-state index in [0.717, 1.165) is 12.7 Å². The maximum absolute atomic E-state index is 11.4. The SMILES string of the molecule is CCCc1nc(Cl)cc(Oc2ccc(S(C)(=O)=O)cc2)n1. The second kappa shape index (κ2) is 6.41. The highest BCUT2D eigenvalue weighted by Gasteiger charge is 2.08. The molecule has 1 heterocycles. The summed E-state index contributed by atoms with van der Waals surface area (Å²) in [6, 6.07) is 7.64. The van der Waals surface area contributed by atoms with Crippen LogP contribution in [0.1, 0.15) is 19.2 Å². The van der Waals surface area contributed by atoms with Crippen LogP contribution in [0.5, 0.6) is 11.6 Å². The number of sulfone groups is 1. The Bertz CT molecular complexity index is 730. The Morgan fingerprint density at radius 2 is 1.86 bits per heavy atom. The van der Waals surface area contributed by atoms with Gasteiger partial charge in [0.25, 0.3) is 0 Å². The Morgan fingerprint density at radius 3 is 2.43 bits per heavy atom. The number of aromatic nitrogens is 2. The molecule has 5 nitrogen and oxygen atoms in total. The Balaban J connectivity index is 2.22. The smallest absolute Gasteiger partial charge is 0.224 e. The van der Waals surface area contributed by atoms with Gasteiger partial charge in [0.2, 0.25) is 5.88 Å². The van der Waals surface area contributed by atoms with Crippen LogP contribution < -0.4 is 4.74 Å². The Morgan fingerprint density at radius 1 is 1.19 bits per heavy atom. The number of aryl methyl sites for hydroxylation is 1. The third-order valence-electron chi connectivity index (χ3n) is 2.67. The van der Waals surface area contributed by atoms with Crippen molar-refractivity contribution in [2.45, 2.75) is 24.7 Å². The normalized spacial score (nSPS) is 11.4. The van der Waals surface area contributed by atoms with Crippen LogP contribution in [0.2, 0.25) is 5.15 Å². The van der Waals surface area contributed by atoms with E-state index >= 15 is 0 Å². The minimum Gasteiger partial charge on any atom is -0.439 e. The van der Waals surface area contributed by atoms with Gasteiger partial charge in [-0.05, 0) is 30.7 Å². The van der Waals surface area contributed by atoms with Crippen LogP contribution in [0.25, 0.3) is 0 Å². The van der Waals surface area contributed by atoms with Gasteiger partial charge in [-0.1, -0.05) is 18.5 Å². The molecule has 0 aliphatic heterocycles. The van der Waals surface area contributed by atoms with E-state index in [9.17, 15) is 8.42 Å². The third-order valence-corrected chi connectivity index (χ3v) is 3.99. The topological polar surface area (TPSA) is 69.2 Å². The molecule has 0 fully saturated rings. The molecule has 1 aromatic carbocycles. The van der Waals surface area contributed by atoms with E-state index in [0.29, 0.717) is 29.0 Å². The second-order valence-corrected chi connectivity index (χ2v) is 6.94. The standard InChI is InChI=1S/C14H15ClN2O3S/c1-3-4-13-16-12(15)9-14(17-13)20-10-5-7-11(8-6-10)21(2,18)19/h5-9H,3-4H2,1-2H3. The van der Waals surface area contributed by atoms with Crippen molar-refractivity contribution in [2.75, 3.05) is 6.26 Å². The Kier molecular flexibility index (Phi) is 4.80. The minimum atomic E-state index is -3.22. The predicted octanol–water partition coefficient (Wildman–Crippen LogP) is 3.28. The number of hydrogen-bond donors (Lipinski definition) is 0. The van der Waals surface area contributed by atoms with Crippen molar-refractivity contribution in [3.63, 3.8) is 0 Å². The average molecular weight is 327 g/mol. The van der Waals surface area contributed by atoms with Crippen molar-refractivity contribution in [1.82, 2.24) is 9.97 Å². The molecule has 0 aliphatic rings. The molecule has 7 heteroatoms. The molecule has 0 radical (unpaired) electrons. The fourth-order valence-corrected chi connectivity index (χ4v) is 2.53. The molecule has 21 heavy (non-hydrogen) atoms.